The SMILES string of the molecule is NCCC1CNCCN1N1CCNCC1. The normalized spacial score (nSPS) is 30.6. The van der Waals surface area contributed by atoms with Crippen LogP contribution in [0.3, 0.4) is 0 Å². The van der Waals surface area contributed by atoms with Crippen molar-refractivity contribution >= 4 is 0 Å². The molecule has 2 rings (SSSR count). The highest BCUT2D eigenvalue weighted by molar-refractivity contribution is 4.80. The molecule has 1 atom stereocenters. The van der Waals surface area contributed by atoms with Crippen LogP contribution in [0.1, 0.15) is 6.42 Å². The van der Waals surface area contributed by atoms with E-state index in [-0.39, 0.29) is 0 Å². The molecule has 2 aliphatic heterocycles. The molecule has 0 spiro atoms. The van der Waals surface area contributed by atoms with Gasteiger partial charge in [-0.3, -0.25) is 0 Å². The van der Waals surface area contributed by atoms with Gasteiger partial charge in [0.1, 0.15) is 0 Å². The van der Waals surface area contributed by atoms with Crippen LogP contribution < -0.4 is 16.4 Å². The van der Waals surface area contributed by atoms with Gasteiger partial charge in [-0.2, -0.15) is 0 Å². The van der Waals surface area contributed by atoms with Gasteiger partial charge < -0.3 is 16.4 Å². The van der Waals surface area contributed by atoms with Gasteiger partial charge in [-0.15, -0.1) is 0 Å². The van der Waals surface area contributed by atoms with Crippen LogP contribution in [0, 0.1) is 0 Å². The summed E-state index contributed by atoms with van der Waals surface area (Å²) < 4.78 is 0. The monoisotopic (exact) mass is 213 g/mol. The van der Waals surface area contributed by atoms with E-state index < -0.39 is 0 Å². The van der Waals surface area contributed by atoms with Crippen molar-refractivity contribution in [2.75, 3.05) is 52.4 Å². The Kier molecular flexibility index (Phi) is 4.34. The van der Waals surface area contributed by atoms with Crippen molar-refractivity contribution < 1.29 is 0 Å². The van der Waals surface area contributed by atoms with Crippen LogP contribution in [-0.4, -0.2) is 68.4 Å². The van der Waals surface area contributed by atoms with Crippen LogP contribution in [0.15, 0.2) is 0 Å². The Bertz CT molecular complexity index is 168. The second-order valence-electron chi connectivity index (χ2n) is 4.30. The van der Waals surface area contributed by atoms with Crippen molar-refractivity contribution in [2.24, 2.45) is 5.73 Å². The molecule has 5 nitrogen and oxygen atoms in total. The minimum Gasteiger partial charge on any atom is -0.330 e. The first-order chi connectivity index (χ1) is 7.42. The Morgan fingerprint density at radius 1 is 1.07 bits per heavy atom. The molecule has 0 aliphatic carbocycles. The molecule has 88 valence electrons. The topological polar surface area (TPSA) is 56.6 Å². The third-order valence-corrected chi connectivity index (χ3v) is 3.28. The Labute approximate surface area is 91.9 Å². The molecule has 2 aliphatic rings. The Balaban J connectivity index is 1.90. The lowest BCUT2D eigenvalue weighted by molar-refractivity contribution is -0.0796. The molecule has 0 aromatic rings. The molecular weight excluding hydrogens is 190 g/mol. The van der Waals surface area contributed by atoms with Crippen LogP contribution in [0.5, 0.6) is 0 Å². The quantitative estimate of drug-likeness (QED) is 0.529. The van der Waals surface area contributed by atoms with Gasteiger partial charge in [0, 0.05) is 51.9 Å². The standard InChI is InChI=1S/C10H23N5/c11-2-1-10-9-13-5-8-15(10)14-6-3-12-4-7-14/h10,12-13H,1-9,11H2. The number of hydrogen-bond donors (Lipinski definition) is 3. The molecule has 1 unspecified atom stereocenters. The largest absolute Gasteiger partial charge is 0.330 e. The summed E-state index contributed by atoms with van der Waals surface area (Å²) >= 11 is 0. The lowest BCUT2D eigenvalue weighted by atomic mass is 10.1. The molecule has 0 bridgehead atoms. The molecule has 0 aromatic heterocycles. The molecular formula is C10H23N5. The molecule has 4 N–H and O–H groups in total. The van der Waals surface area contributed by atoms with Crippen molar-refractivity contribution in [3.8, 4) is 0 Å². The first-order valence-electron chi connectivity index (χ1n) is 6.05. The minimum atomic E-state index is 0.599. The fourth-order valence-corrected chi connectivity index (χ4v) is 2.48. The number of rotatable bonds is 3. The van der Waals surface area contributed by atoms with Crippen molar-refractivity contribution in [3.05, 3.63) is 0 Å². The highest BCUT2D eigenvalue weighted by Gasteiger charge is 2.27. The summed E-state index contributed by atoms with van der Waals surface area (Å²) in [5.41, 5.74) is 5.67. The van der Waals surface area contributed by atoms with E-state index in [9.17, 15) is 0 Å². The summed E-state index contributed by atoms with van der Waals surface area (Å²) in [7, 11) is 0. The van der Waals surface area contributed by atoms with Crippen LogP contribution in [-0.2, 0) is 0 Å². The lowest BCUT2D eigenvalue weighted by Crippen LogP contribution is -2.62. The van der Waals surface area contributed by atoms with E-state index in [1.165, 1.54) is 0 Å². The maximum Gasteiger partial charge on any atom is 0.0383 e. The molecule has 5 heteroatoms. The van der Waals surface area contributed by atoms with Gasteiger partial charge in [0.25, 0.3) is 0 Å². The highest BCUT2D eigenvalue weighted by atomic mass is 15.6. The molecule has 15 heavy (non-hydrogen) atoms. The van der Waals surface area contributed by atoms with Gasteiger partial charge in [-0.1, -0.05) is 0 Å². The van der Waals surface area contributed by atoms with Crippen LogP contribution in [0.2, 0.25) is 0 Å². The molecule has 2 heterocycles. The van der Waals surface area contributed by atoms with Gasteiger partial charge in [-0.05, 0) is 13.0 Å². The second kappa shape index (κ2) is 5.77. The molecule has 2 saturated heterocycles. The number of nitrogens with one attached hydrogen (secondary N) is 2. The zero-order chi connectivity index (χ0) is 10.5. The predicted molar refractivity (Wildman–Crippen MR) is 61.5 cm³/mol. The lowest BCUT2D eigenvalue weighted by Gasteiger charge is -2.45. The minimum absolute atomic E-state index is 0.599. The number of piperazine rings is 2. The van der Waals surface area contributed by atoms with Gasteiger partial charge in [0.05, 0.1) is 0 Å². The van der Waals surface area contributed by atoms with Crippen molar-refractivity contribution in [2.45, 2.75) is 12.5 Å². The fourth-order valence-electron chi connectivity index (χ4n) is 2.48. The van der Waals surface area contributed by atoms with E-state index in [2.05, 4.69) is 20.7 Å². The first-order valence-corrected chi connectivity index (χ1v) is 6.05. The molecule has 0 radical (unpaired) electrons. The van der Waals surface area contributed by atoms with Gasteiger partial charge in [-0.25, -0.2) is 10.0 Å². The molecule has 0 aromatic carbocycles. The molecule has 2 fully saturated rings. The smallest absolute Gasteiger partial charge is 0.0383 e. The predicted octanol–water partition coefficient (Wildman–Crippen LogP) is -1.57. The van der Waals surface area contributed by atoms with E-state index in [1.54, 1.807) is 0 Å². The van der Waals surface area contributed by atoms with E-state index in [4.69, 9.17) is 5.73 Å². The highest BCUT2D eigenvalue weighted by Crippen LogP contribution is 2.11. The summed E-state index contributed by atoms with van der Waals surface area (Å²) in [6.07, 6.45) is 1.09. The zero-order valence-corrected chi connectivity index (χ0v) is 9.41. The average molecular weight is 213 g/mol. The summed E-state index contributed by atoms with van der Waals surface area (Å²) in [5, 5.41) is 11.9. The van der Waals surface area contributed by atoms with Crippen LogP contribution >= 0.6 is 0 Å². The third kappa shape index (κ3) is 2.89. The van der Waals surface area contributed by atoms with Crippen molar-refractivity contribution in [3.63, 3.8) is 0 Å². The van der Waals surface area contributed by atoms with Gasteiger partial charge in [0.2, 0.25) is 0 Å². The van der Waals surface area contributed by atoms with Crippen LogP contribution in [0.4, 0.5) is 0 Å². The van der Waals surface area contributed by atoms with Gasteiger partial charge in [0.15, 0.2) is 0 Å². The number of hydrazine groups is 1. The van der Waals surface area contributed by atoms with Crippen molar-refractivity contribution in [1.29, 1.82) is 0 Å². The molecule has 0 saturated carbocycles. The zero-order valence-electron chi connectivity index (χ0n) is 9.41. The number of nitrogens with two attached hydrogens (primary N) is 1. The van der Waals surface area contributed by atoms with E-state index in [0.717, 1.165) is 58.8 Å². The average Bonchev–Trinajstić information content (AvgIpc) is 2.31. The Morgan fingerprint density at radius 2 is 1.80 bits per heavy atom. The maximum absolute atomic E-state index is 5.67. The van der Waals surface area contributed by atoms with Crippen LogP contribution in [0.25, 0.3) is 0 Å². The Hall–Kier alpha value is -0.200. The first kappa shape index (κ1) is 11.3. The summed E-state index contributed by atoms with van der Waals surface area (Å²) in [6.45, 7) is 8.60. The fraction of sp³-hybridized carbons (Fsp3) is 1.00. The molecule has 0 amide bonds. The van der Waals surface area contributed by atoms with E-state index in [1.807, 2.05) is 0 Å². The number of hydrogen-bond acceptors (Lipinski definition) is 5. The third-order valence-electron chi connectivity index (χ3n) is 3.28. The maximum atomic E-state index is 5.67. The van der Waals surface area contributed by atoms with Gasteiger partial charge >= 0.3 is 0 Å². The number of nitrogens with zero attached hydrogens (tertiary/aromatic N) is 2. The second-order valence-corrected chi connectivity index (χ2v) is 4.30. The van der Waals surface area contributed by atoms with E-state index >= 15 is 0 Å². The summed E-state index contributed by atoms with van der Waals surface area (Å²) in [6, 6.07) is 0.599. The van der Waals surface area contributed by atoms with Crippen molar-refractivity contribution in [1.82, 2.24) is 20.7 Å². The Morgan fingerprint density at radius 3 is 2.53 bits per heavy atom. The summed E-state index contributed by atoms with van der Waals surface area (Å²) in [5.74, 6) is 0. The van der Waals surface area contributed by atoms with E-state index in [0.29, 0.717) is 6.04 Å². The summed E-state index contributed by atoms with van der Waals surface area (Å²) in [4.78, 5) is 0.